The number of aryl methyl sites for hydroxylation is 1. The van der Waals surface area contributed by atoms with Gasteiger partial charge in [0.25, 0.3) is 5.91 Å². The summed E-state index contributed by atoms with van der Waals surface area (Å²) in [6.07, 6.45) is 0. The van der Waals surface area contributed by atoms with E-state index in [4.69, 9.17) is 15.5 Å². The molecule has 6 nitrogen and oxygen atoms in total. The number of carbonyl (C=O) groups excluding carboxylic acids is 1. The van der Waals surface area contributed by atoms with Crippen molar-refractivity contribution in [2.45, 2.75) is 6.92 Å². The highest BCUT2D eigenvalue weighted by Gasteiger charge is 2.27. The highest BCUT2D eigenvalue weighted by Crippen LogP contribution is 2.36. The zero-order valence-corrected chi connectivity index (χ0v) is 18.4. The Morgan fingerprint density at radius 3 is 2.65 bits per heavy atom. The number of hydrogen-bond donors (Lipinski definition) is 1. The number of hydrogen-bond acceptors (Lipinski definition) is 6. The van der Waals surface area contributed by atoms with Crippen molar-refractivity contribution in [3.05, 3.63) is 59.0 Å². The number of para-hydroxylation sites is 2. The van der Waals surface area contributed by atoms with Crippen LogP contribution in [-0.2, 0) is 0 Å². The van der Waals surface area contributed by atoms with Crippen LogP contribution in [0.3, 0.4) is 0 Å². The van der Waals surface area contributed by atoms with Gasteiger partial charge in [0.1, 0.15) is 15.5 Å². The van der Waals surface area contributed by atoms with E-state index in [1.54, 1.807) is 7.11 Å². The molecule has 1 aliphatic rings. The van der Waals surface area contributed by atoms with Gasteiger partial charge in [0.15, 0.2) is 0 Å². The third-order valence-electron chi connectivity index (χ3n) is 5.86. The number of rotatable bonds is 3. The summed E-state index contributed by atoms with van der Waals surface area (Å²) in [7, 11) is 1.68. The fourth-order valence-corrected chi connectivity index (χ4v) is 5.22. The lowest BCUT2D eigenvalue weighted by Gasteiger charge is -2.36. The summed E-state index contributed by atoms with van der Waals surface area (Å²) < 4.78 is 5.49. The molecule has 1 fully saturated rings. The molecule has 2 aromatic carbocycles. The van der Waals surface area contributed by atoms with E-state index in [0.29, 0.717) is 23.7 Å². The second-order valence-corrected chi connectivity index (χ2v) is 8.83. The molecule has 4 aromatic rings. The summed E-state index contributed by atoms with van der Waals surface area (Å²) in [5, 5.41) is 1.90. The number of piperazine rings is 1. The standard InChI is InChI=1S/C24H24N4O2S/c1-15-7-8-18-16(13-15)14-17-21(25)22(31-23(17)26-18)24(29)28-11-9-27(10-12-28)19-5-3-4-6-20(19)30-2/h3-8,13-14H,9-12,25H2,1-2H3. The second-order valence-electron chi connectivity index (χ2n) is 7.83. The van der Waals surface area contributed by atoms with Gasteiger partial charge in [-0.2, -0.15) is 0 Å². The summed E-state index contributed by atoms with van der Waals surface area (Å²) in [5.74, 6) is 0.838. The molecule has 0 spiro atoms. The van der Waals surface area contributed by atoms with Gasteiger partial charge in [-0.05, 0) is 37.3 Å². The van der Waals surface area contributed by atoms with Crippen LogP contribution in [0.5, 0.6) is 5.75 Å². The van der Waals surface area contributed by atoms with Gasteiger partial charge in [-0.25, -0.2) is 4.98 Å². The Morgan fingerprint density at radius 1 is 1.10 bits per heavy atom. The predicted octanol–water partition coefficient (Wildman–Crippen LogP) is 4.31. The molecule has 0 unspecified atom stereocenters. The molecule has 0 aliphatic carbocycles. The largest absolute Gasteiger partial charge is 0.495 e. The Bertz CT molecular complexity index is 1290. The maximum Gasteiger partial charge on any atom is 0.266 e. The fraction of sp³-hybridized carbons (Fsp3) is 0.250. The van der Waals surface area contributed by atoms with Crippen LogP contribution < -0.4 is 15.4 Å². The van der Waals surface area contributed by atoms with Gasteiger partial charge < -0.3 is 20.3 Å². The highest BCUT2D eigenvalue weighted by molar-refractivity contribution is 7.21. The van der Waals surface area contributed by atoms with Crippen molar-refractivity contribution >= 4 is 49.7 Å². The first-order chi connectivity index (χ1) is 15.0. The van der Waals surface area contributed by atoms with Crippen LogP contribution in [0.1, 0.15) is 15.2 Å². The third kappa shape index (κ3) is 3.45. The zero-order valence-electron chi connectivity index (χ0n) is 17.6. The molecule has 0 bridgehead atoms. The van der Waals surface area contributed by atoms with E-state index in [0.717, 1.165) is 45.6 Å². The quantitative estimate of drug-likeness (QED) is 0.522. The number of methoxy groups -OCH3 is 1. The molecule has 5 rings (SSSR count). The lowest BCUT2D eigenvalue weighted by molar-refractivity contribution is 0.0752. The van der Waals surface area contributed by atoms with Crippen LogP contribution in [0, 0.1) is 6.92 Å². The van der Waals surface area contributed by atoms with E-state index >= 15 is 0 Å². The minimum absolute atomic E-state index is 0.0135. The number of aromatic nitrogens is 1. The van der Waals surface area contributed by atoms with E-state index in [-0.39, 0.29) is 5.91 Å². The van der Waals surface area contributed by atoms with Crippen molar-refractivity contribution in [3.8, 4) is 5.75 Å². The average Bonchev–Trinajstić information content (AvgIpc) is 3.12. The first kappa shape index (κ1) is 19.6. The molecule has 0 atom stereocenters. The Balaban J connectivity index is 1.39. The first-order valence-electron chi connectivity index (χ1n) is 10.3. The number of anilines is 2. The molecule has 7 heteroatoms. The van der Waals surface area contributed by atoms with Crippen molar-refractivity contribution in [2.75, 3.05) is 43.9 Å². The maximum absolute atomic E-state index is 13.3. The number of fused-ring (bicyclic) bond motifs is 2. The van der Waals surface area contributed by atoms with Crippen molar-refractivity contribution in [2.24, 2.45) is 0 Å². The van der Waals surface area contributed by atoms with Crippen LogP contribution in [0.4, 0.5) is 11.4 Å². The number of amides is 1. The molecule has 3 heterocycles. The monoisotopic (exact) mass is 432 g/mol. The molecular formula is C24H24N4O2S. The summed E-state index contributed by atoms with van der Waals surface area (Å²) >= 11 is 1.39. The number of ether oxygens (including phenoxy) is 1. The molecule has 2 aromatic heterocycles. The van der Waals surface area contributed by atoms with Gasteiger partial charge in [-0.3, -0.25) is 4.79 Å². The minimum atomic E-state index is -0.0135. The summed E-state index contributed by atoms with van der Waals surface area (Å²) in [6.45, 7) is 4.83. The normalized spacial score (nSPS) is 14.4. The van der Waals surface area contributed by atoms with Gasteiger partial charge in [-0.15, -0.1) is 11.3 Å². The molecule has 0 radical (unpaired) electrons. The summed E-state index contributed by atoms with van der Waals surface area (Å²) in [6, 6.07) is 16.2. The molecular weight excluding hydrogens is 408 g/mol. The third-order valence-corrected chi connectivity index (χ3v) is 6.96. The Labute approximate surface area is 184 Å². The van der Waals surface area contributed by atoms with Gasteiger partial charge in [0, 0.05) is 37.0 Å². The molecule has 0 saturated carbocycles. The molecule has 1 aliphatic heterocycles. The van der Waals surface area contributed by atoms with Crippen LogP contribution in [0.25, 0.3) is 21.1 Å². The SMILES string of the molecule is COc1ccccc1N1CCN(C(=O)c2sc3nc4ccc(C)cc4cc3c2N)CC1. The second kappa shape index (κ2) is 7.74. The molecule has 158 valence electrons. The van der Waals surface area contributed by atoms with E-state index in [1.165, 1.54) is 16.9 Å². The van der Waals surface area contributed by atoms with Crippen LogP contribution >= 0.6 is 11.3 Å². The molecule has 1 amide bonds. The van der Waals surface area contributed by atoms with Crippen molar-refractivity contribution < 1.29 is 9.53 Å². The minimum Gasteiger partial charge on any atom is -0.495 e. The highest BCUT2D eigenvalue weighted by atomic mass is 32.1. The van der Waals surface area contributed by atoms with Crippen LogP contribution in [0.15, 0.2) is 48.5 Å². The Kier molecular flexibility index (Phi) is 4.90. The van der Waals surface area contributed by atoms with Gasteiger partial charge in [-0.1, -0.05) is 23.8 Å². The van der Waals surface area contributed by atoms with Crippen LogP contribution in [-0.4, -0.2) is 49.1 Å². The van der Waals surface area contributed by atoms with Crippen molar-refractivity contribution in [3.63, 3.8) is 0 Å². The van der Waals surface area contributed by atoms with E-state index < -0.39 is 0 Å². The van der Waals surface area contributed by atoms with Gasteiger partial charge >= 0.3 is 0 Å². The Hall–Kier alpha value is -3.32. The van der Waals surface area contributed by atoms with Gasteiger partial charge in [0.05, 0.1) is 24.0 Å². The fourth-order valence-electron chi connectivity index (χ4n) is 4.17. The molecule has 1 saturated heterocycles. The smallest absolute Gasteiger partial charge is 0.266 e. The van der Waals surface area contributed by atoms with Crippen LogP contribution in [0.2, 0.25) is 0 Å². The average molecular weight is 433 g/mol. The number of thiophene rings is 1. The van der Waals surface area contributed by atoms with Gasteiger partial charge in [0.2, 0.25) is 0 Å². The van der Waals surface area contributed by atoms with E-state index in [2.05, 4.69) is 24.0 Å². The zero-order chi connectivity index (χ0) is 21.5. The number of benzene rings is 2. The lowest BCUT2D eigenvalue weighted by atomic mass is 10.1. The van der Waals surface area contributed by atoms with Crippen molar-refractivity contribution in [1.29, 1.82) is 0 Å². The topological polar surface area (TPSA) is 71.7 Å². The number of nitrogens with two attached hydrogens (primary N) is 1. The number of carbonyl (C=O) groups is 1. The van der Waals surface area contributed by atoms with Crippen molar-refractivity contribution in [1.82, 2.24) is 9.88 Å². The first-order valence-corrected chi connectivity index (χ1v) is 11.1. The molecule has 2 N–H and O–H groups in total. The summed E-state index contributed by atoms with van der Waals surface area (Å²) in [4.78, 5) is 23.6. The number of pyridine rings is 1. The summed E-state index contributed by atoms with van der Waals surface area (Å²) in [5.41, 5.74) is 10.1. The predicted molar refractivity (Wildman–Crippen MR) is 127 cm³/mol. The lowest BCUT2D eigenvalue weighted by Crippen LogP contribution is -2.48. The Morgan fingerprint density at radius 2 is 1.87 bits per heavy atom. The maximum atomic E-state index is 13.3. The number of nitrogen functional groups attached to an aromatic ring is 1. The van der Waals surface area contributed by atoms with E-state index in [9.17, 15) is 4.79 Å². The number of nitrogens with zero attached hydrogens (tertiary/aromatic N) is 3. The van der Waals surface area contributed by atoms with E-state index in [1.807, 2.05) is 41.3 Å². The molecule has 31 heavy (non-hydrogen) atoms.